The second-order valence-electron chi connectivity index (χ2n) is 4.11. The molecule has 96 valence electrons. The van der Waals surface area contributed by atoms with E-state index in [9.17, 15) is 4.79 Å². The number of hydrogen-bond donors (Lipinski definition) is 1. The predicted molar refractivity (Wildman–Crippen MR) is 59.6 cm³/mol. The fourth-order valence-electron chi connectivity index (χ4n) is 1.52. The SMILES string of the molecule is COCCCc1noc(CC(C)CC(=O)O)n1. The summed E-state index contributed by atoms with van der Waals surface area (Å²) in [5.74, 6) is 0.350. The summed E-state index contributed by atoms with van der Waals surface area (Å²) in [7, 11) is 1.65. The van der Waals surface area contributed by atoms with Crippen LogP contribution in [-0.4, -0.2) is 34.9 Å². The second-order valence-corrected chi connectivity index (χ2v) is 4.11. The minimum atomic E-state index is -0.808. The summed E-state index contributed by atoms with van der Waals surface area (Å²) in [5, 5.41) is 12.5. The van der Waals surface area contributed by atoms with Gasteiger partial charge in [0.2, 0.25) is 5.89 Å². The van der Waals surface area contributed by atoms with Crippen molar-refractivity contribution < 1.29 is 19.2 Å². The molecule has 6 heteroatoms. The molecule has 0 aromatic carbocycles. The van der Waals surface area contributed by atoms with Crippen LogP contribution in [0.25, 0.3) is 0 Å². The molecule has 1 atom stereocenters. The number of carboxylic acid groups (broad SMARTS) is 1. The van der Waals surface area contributed by atoms with Crippen molar-refractivity contribution >= 4 is 5.97 Å². The number of methoxy groups -OCH3 is 1. The van der Waals surface area contributed by atoms with Crippen LogP contribution in [0.3, 0.4) is 0 Å². The van der Waals surface area contributed by atoms with Crippen LogP contribution < -0.4 is 0 Å². The van der Waals surface area contributed by atoms with Crippen LogP contribution in [0.4, 0.5) is 0 Å². The Hall–Kier alpha value is -1.43. The molecule has 0 spiro atoms. The van der Waals surface area contributed by atoms with Crippen LogP contribution in [0.5, 0.6) is 0 Å². The van der Waals surface area contributed by atoms with Crippen LogP contribution in [0.15, 0.2) is 4.52 Å². The number of rotatable bonds is 8. The van der Waals surface area contributed by atoms with Gasteiger partial charge in [0.1, 0.15) is 0 Å². The Bertz CT molecular complexity index is 351. The van der Waals surface area contributed by atoms with Gasteiger partial charge in [-0.3, -0.25) is 4.79 Å². The number of nitrogens with zero attached hydrogens (tertiary/aromatic N) is 2. The lowest BCUT2D eigenvalue weighted by molar-refractivity contribution is -0.137. The van der Waals surface area contributed by atoms with E-state index in [2.05, 4.69) is 10.1 Å². The van der Waals surface area contributed by atoms with E-state index in [1.165, 1.54) is 0 Å². The summed E-state index contributed by atoms with van der Waals surface area (Å²) in [6, 6.07) is 0. The maximum Gasteiger partial charge on any atom is 0.303 e. The van der Waals surface area contributed by atoms with Crippen LogP contribution in [0, 0.1) is 5.92 Å². The van der Waals surface area contributed by atoms with Gasteiger partial charge in [-0.1, -0.05) is 12.1 Å². The topological polar surface area (TPSA) is 85.5 Å². The third-order valence-electron chi connectivity index (χ3n) is 2.31. The zero-order chi connectivity index (χ0) is 12.7. The van der Waals surface area contributed by atoms with Crippen molar-refractivity contribution in [2.45, 2.75) is 32.6 Å². The highest BCUT2D eigenvalue weighted by Crippen LogP contribution is 2.10. The first kappa shape index (κ1) is 13.6. The lowest BCUT2D eigenvalue weighted by Gasteiger charge is -2.03. The van der Waals surface area contributed by atoms with Crippen LogP contribution >= 0.6 is 0 Å². The fourth-order valence-corrected chi connectivity index (χ4v) is 1.52. The Morgan fingerprint density at radius 2 is 2.35 bits per heavy atom. The van der Waals surface area contributed by atoms with Crippen molar-refractivity contribution in [3.05, 3.63) is 11.7 Å². The van der Waals surface area contributed by atoms with Gasteiger partial charge < -0.3 is 14.4 Å². The van der Waals surface area contributed by atoms with Gasteiger partial charge in [0.15, 0.2) is 5.82 Å². The number of carbonyl (C=O) groups is 1. The highest BCUT2D eigenvalue weighted by molar-refractivity contribution is 5.66. The van der Waals surface area contributed by atoms with E-state index in [4.69, 9.17) is 14.4 Å². The Balaban J connectivity index is 2.37. The van der Waals surface area contributed by atoms with E-state index in [1.54, 1.807) is 7.11 Å². The van der Waals surface area contributed by atoms with Gasteiger partial charge in [0, 0.05) is 33.0 Å². The number of aromatic nitrogens is 2. The van der Waals surface area contributed by atoms with Gasteiger partial charge in [0.25, 0.3) is 0 Å². The minimum absolute atomic E-state index is 0.000208. The van der Waals surface area contributed by atoms with Gasteiger partial charge in [-0.15, -0.1) is 0 Å². The van der Waals surface area contributed by atoms with E-state index < -0.39 is 5.97 Å². The van der Waals surface area contributed by atoms with Gasteiger partial charge in [-0.2, -0.15) is 4.98 Å². The number of ether oxygens (including phenoxy) is 1. The first-order valence-electron chi connectivity index (χ1n) is 5.64. The highest BCUT2D eigenvalue weighted by Gasteiger charge is 2.13. The van der Waals surface area contributed by atoms with Gasteiger partial charge in [-0.25, -0.2) is 0 Å². The molecule has 0 aliphatic heterocycles. The molecule has 0 saturated carbocycles. The zero-order valence-corrected chi connectivity index (χ0v) is 10.2. The average Bonchev–Trinajstić information content (AvgIpc) is 2.64. The molecular weight excluding hydrogens is 224 g/mol. The van der Waals surface area contributed by atoms with Crippen molar-refractivity contribution in [1.29, 1.82) is 0 Å². The predicted octanol–water partition coefficient (Wildman–Crippen LogP) is 1.30. The number of aryl methyl sites for hydroxylation is 1. The van der Waals surface area contributed by atoms with Crippen LogP contribution in [-0.2, 0) is 22.4 Å². The van der Waals surface area contributed by atoms with Crippen molar-refractivity contribution in [3.8, 4) is 0 Å². The first-order chi connectivity index (χ1) is 8.11. The molecule has 6 nitrogen and oxygen atoms in total. The van der Waals surface area contributed by atoms with Crippen LogP contribution in [0.2, 0.25) is 0 Å². The number of aliphatic carboxylic acids is 1. The molecule has 0 aliphatic carbocycles. The maximum atomic E-state index is 10.5. The summed E-state index contributed by atoms with van der Waals surface area (Å²) in [6.07, 6.45) is 2.18. The molecule has 0 saturated heterocycles. The van der Waals surface area contributed by atoms with E-state index in [-0.39, 0.29) is 12.3 Å². The number of carboxylic acids is 1. The summed E-state index contributed by atoms with van der Waals surface area (Å²) >= 11 is 0. The van der Waals surface area contributed by atoms with Crippen molar-refractivity contribution in [1.82, 2.24) is 10.1 Å². The lowest BCUT2D eigenvalue weighted by atomic mass is 10.0. The monoisotopic (exact) mass is 242 g/mol. The van der Waals surface area contributed by atoms with E-state index in [0.717, 1.165) is 6.42 Å². The summed E-state index contributed by atoms with van der Waals surface area (Å²) in [4.78, 5) is 14.7. The highest BCUT2D eigenvalue weighted by atomic mass is 16.5. The molecule has 1 N–H and O–H groups in total. The lowest BCUT2D eigenvalue weighted by Crippen LogP contribution is -2.07. The molecule has 1 aromatic rings. The molecule has 0 amide bonds. The van der Waals surface area contributed by atoms with Crippen LogP contribution in [0.1, 0.15) is 31.5 Å². The molecule has 1 heterocycles. The maximum absolute atomic E-state index is 10.5. The third kappa shape index (κ3) is 5.44. The molecule has 0 bridgehead atoms. The minimum Gasteiger partial charge on any atom is -0.481 e. The first-order valence-corrected chi connectivity index (χ1v) is 5.64. The Kier molecular flexibility index (Phi) is 5.62. The smallest absolute Gasteiger partial charge is 0.303 e. The summed E-state index contributed by atoms with van der Waals surface area (Å²) < 4.78 is 9.98. The average molecular weight is 242 g/mol. The van der Waals surface area contributed by atoms with Gasteiger partial charge in [0.05, 0.1) is 0 Å². The zero-order valence-electron chi connectivity index (χ0n) is 10.2. The van der Waals surface area contributed by atoms with E-state index >= 15 is 0 Å². The Labute approximate surface area is 100.0 Å². The molecule has 0 aliphatic rings. The normalized spacial score (nSPS) is 12.6. The van der Waals surface area contributed by atoms with Gasteiger partial charge >= 0.3 is 5.97 Å². The van der Waals surface area contributed by atoms with E-state index in [0.29, 0.717) is 31.2 Å². The molecule has 0 fully saturated rings. The standard InChI is InChI=1S/C11H18N2O4/c1-8(7-11(14)15)6-10-12-9(13-17-10)4-3-5-16-2/h8H,3-7H2,1-2H3,(H,14,15). The fraction of sp³-hybridized carbons (Fsp3) is 0.727. The van der Waals surface area contributed by atoms with Crippen molar-refractivity contribution in [2.24, 2.45) is 5.92 Å². The second kappa shape index (κ2) is 7.01. The van der Waals surface area contributed by atoms with Crippen molar-refractivity contribution in [3.63, 3.8) is 0 Å². The van der Waals surface area contributed by atoms with E-state index in [1.807, 2.05) is 6.92 Å². The van der Waals surface area contributed by atoms with Gasteiger partial charge in [-0.05, 0) is 12.3 Å². The molecule has 0 radical (unpaired) electrons. The summed E-state index contributed by atoms with van der Waals surface area (Å²) in [5.41, 5.74) is 0. The quantitative estimate of drug-likeness (QED) is 0.691. The number of hydrogen-bond acceptors (Lipinski definition) is 5. The molecule has 1 unspecified atom stereocenters. The van der Waals surface area contributed by atoms with Crippen molar-refractivity contribution in [2.75, 3.05) is 13.7 Å². The Morgan fingerprint density at radius 3 is 3.00 bits per heavy atom. The molecule has 1 rings (SSSR count). The third-order valence-corrected chi connectivity index (χ3v) is 2.31. The molecule has 1 aromatic heterocycles. The molecular formula is C11H18N2O4. The largest absolute Gasteiger partial charge is 0.481 e. The Morgan fingerprint density at radius 1 is 1.59 bits per heavy atom. The molecule has 17 heavy (non-hydrogen) atoms. The summed E-state index contributed by atoms with van der Waals surface area (Å²) in [6.45, 7) is 2.52.